The maximum atomic E-state index is 12.4. The van der Waals surface area contributed by atoms with Crippen molar-refractivity contribution in [3.63, 3.8) is 0 Å². The van der Waals surface area contributed by atoms with Crippen LogP contribution in [0.2, 0.25) is 0 Å². The van der Waals surface area contributed by atoms with E-state index in [2.05, 4.69) is 20.8 Å². The fourth-order valence-corrected chi connectivity index (χ4v) is 2.90. The zero-order valence-corrected chi connectivity index (χ0v) is 15.4. The second-order valence-electron chi connectivity index (χ2n) is 7.07. The first-order valence-corrected chi connectivity index (χ1v) is 9.07. The highest BCUT2D eigenvalue weighted by molar-refractivity contribution is 5.94. The molecule has 0 fully saturated rings. The molecular formula is C20H33NO3. The third-order valence-electron chi connectivity index (χ3n) is 4.29. The molecule has 136 valence electrons. The molecular weight excluding hydrogens is 302 g/mol. The number of hydrogen-bond donors (Lipinski definition) is 2. The topological polar surface area (TPSA) is 60.8 Å². The van der Waals surface area contributed by atoms with Crippen molar-refractivity contribution in [3.05, 3.63) is 35.4 Å². The fraction of sp³-hybridized carbons (Fsp3) is 0.650. The Bertz CT molecular complexity index is 464. The average Bonchev–Trinajstić information content (AvgIpc) is 2.54. The van der Waals surface area contributed by atoms with Crippen LogP contribution in [0.4, 0.5) is 0 Å². The van der Waals surface area contributed by atoms with Crippen LogP contribution in [0.3, 0.4) is 0 Å². The summed E-state index contributed by atoms with van der Waals surface area (Å²) in [5, 5.41) is 18.1. The molecule has 0 aromatic heterocycles. The van der Waals surface area contributed by atoms with Crippen LogP contribution in [0.1, 0.15) is 56.0 Å². The number of nitrogens with zero attached hydrogens (tertiary/aromatic N) is 1. The first-order chi connectivity index (χ1) is 11.5. The lowest BCUT2D eigenvalue weighted by atomic mass is 9.93. The fourth-order valence-electron chi connectivity index (χ4n) is 2.90. The van der Waals surface area contributed by atoms with Gasteiger partial charge in [-0.05, 0) is 36.0 Å². The third kappa shape index (κ3) is 7.45. The van der Waals surface area contributed by atoms with Crippen LogP contribution in [0, 0.1) is 11.8 Å². The number of carbonyl (C=O) groups excluding carboxylic acids is 1. The molecule has 0 saturated carbocycles. The summed E-state index contributed by atoms with van der Waals surface area (Å²) in [5.74, 6) is 1.27. The molecule has 24 heavy (non-hydrogen) atoms. The number of aliphatic hydroxyl groups is 2. The van der Waals surface area contributed by atoms with Crippen LogP contribution in [0.25, 0.3) is 0 Å². The standard InChI is InChI=1S/C20H33NO3/c1-16(2)5-4-6-17(3)15-18-7-9-19(10-8-18)20(24)21(11-13-22)12-14-23/h7-10,16-17,22-23H,4-6,11-15H2,1-3H3. The smallest absolute Gasteiger partial charge is 0.254 e. The highest BCUT2D eigenvalue weighted by Crippen LogP contribution is 2.18. The molecule has 0 spiro atoms. The Kier molecular flexibility index (Phi) is 9.65. The van der Waals surface area contributed by atoms with E-state index >= 15 is 0 Å². The van der Waals surface area contributed by atoms with E-state index in [0.29, 0.717) is 11.5 Å². The normalized spacial score (nSPS) is 12.4. The Labute approximate surface area is 146 Å². The van der Waals surface area contributed by atoms with E-state index in [1.807, 2.05) is 24.3 Å². The Hall–Kier alpha value is -1.39. The van der Waals surface area contributed by atoms with E-state index < -0.39 is 0 Å². The van der Waals surface area contributed by atoms with Crippen LogP contribution in [-0.4, -0.2) is 47.3 Å². The summed E-state index contributed by atoms with van der Waals surface area (Å²) in [6, 6.07) is 7.73. The van der Waals surface area contributed by atoms with E-state index in [1.165, 1.54) is 29.7 Å². The highest BCUT2D eigenvalue weighted by atomic mass is 16.3. The zero-order valence-electron chi connectivity index (χ0n) is 15.4. The van der Waals surface area contributed by atoms with E-state index in [0.717, 1.165) is 12.3 Å². The van der Waals surface area contributed by atoms with Gasteiger partial charge in [0.2, 0.25) is 0 Å². The molecule has 4 nitrogen and oxygen atoms in total. The molecule has 1 amide bonds. The van der Waals surface area contributed by atoms with Crippen molar-refractivity contribution in [2.75, 3.05) is 26.3 Å². The van der Waals surface area contributed by atoms with Gasteiger partial charge in [0, 0.05) is 18.7 Å². The first-order valence-electron chi connectivity index (χ1n) is 9.07. The average molecular weight is 335 g/mol. The number of hydrogen-bond acceptors (Lipinski definition) is 3. The van der Waals surface area contributed by atoms with E-state index in [1.54, 1.807) is 0 Å². The molecule has 0 saturated heterocycles. The number of amides is 1. The molecule has 1 aromatic rings. The summed E-state index contributed by atoms with van der Waals surface area (Å²) in [4.78, 5) is 13.8. The predicted molar refractivity (Wildman–Crippen MR) is 98.1 cm³/mol. The highest BCUT2D eigenvalue weighted by Gasteiger charge is 2.15. The van der Waals surface area contributed by atoms with Gasteiger partial charge in [-0.1, -0.05) is 52.2 Å². The molecule has 0 aliphatic rings. The van der Waals surface area contributed by atoms with Gasteiger partial charge < -0.3 is 15.1 Å². The third-order valence-corrected chi connectivity index (χ3v) is 4.29. The van der Waals surface area contributed by atoms with Gasteiger partial charge in [0.1, 0.15) is 0 Å². The van der Waals surface area contributed by atoms with Crippen LogP contribution in [0.5, 0.6) is 0 Å². The van der Waals surface area contributed by atoms with Crippen molar-refractivity contribution in [3.8, 4) is 0 Å². The van der Waals surface area contributed by atoms with E-state index in [9.17, 15) is 4.79 Å². The largest absolute Gasteiger partial charge is 0.395 e. The van der Waals surface area contributed by atoms with Crippen LogP contribution in [0.15, 0.2) is 24.3 Å². The van der Waals surface area contributed by atoms with E-state index in [4.69, 9.17) is 10.2 Å². The lowest BCUT2D eigenvalue weighted by Crippen LogP contribution is -2.35. The van der Waals surface area contributed by atoms with Crippen molar-refractivity contribution in [2.45, 2.75) is 46.5 Å². The molecule has 0 aliphatic carbocycles. The van der Waals surface area contributed by atoms with Crippen molar-refractivity contribution < 1.29 is 15.0 Å². The Morgan fingerprint density at radius 3 is 2.08 bits per heavy atom. The molecule has 1 atom stereocenters. The van der Waals surface area contributed by atoms with Gasteiger partial charge in [0.05, 0.1) is 13.2 Å². The zero-order chi connectivity index (χ0) is 17.9. The van der Waals surface area contributed by atoms with Gasteiger partial charge >= 0.3 is 0 Å². The minimum absolute atomic E-state index is 0.0995. The summed E-state index contributed by atoms with van der Waals surface area (Å²) in [6.45, 7) is 7.09. The first kappa shape index (κ1) is 20.7. The van der Waals surface area contributed by atoms with E-state index in [-0.39, 0.29) is 32.2 Å². The van der Waals surface area contributed by atoms with Gasteiger partial charge in [0.15, 0.2) is 0 Å². The van der Waals surface area contributed by atoms with Gasteiger partial charge in [-0.2, -0.15) is 0 Å². The van der Waals surface area contributed by atoms with Crippen LogP contribution < -0.4 is 0 Å². The lowest BCUT2D eigenvalue weighted by Gasteiger charge is -2.21. The molecule has 1 rings (SSSR count). The van der Waals surface area contributed by atoms with Crippen molar-refractivity contribution in [1.82, 2.24) is 4.90 Å². The summed E-state index contributed by atoms with van der Waals surface area (Å²) < 4.78 is 0. The second-order valence-corrected chi connectivity index (χ2v) is 7.07. The summed E-state index contributed by atoms with van der Waals surface area (Å²) in [5.41, 5.74) is 1.85. The lowest BCUT2D eigenvalue weighted by molar-refractivity contribution is 0.0685. The second kappa shape index (κ2) is 11.2. The minimum atomic E-state index is -0.144. The van der Waals surface area contributed by atoms with Crippen LogP contribution in [-0.2, 0) is 6.42 Å². The number of benzene rings is 1. The maximum Gasteiger partial charge on any atom is 0.254 e. The molecule has 0 aliphatic heterocycles. The predicted octanol–water partition coefficient (Wildman–Crippen LogP) is 3.12. The Balaban J connectivity index is 2.56. The van der Waals surface area contributed by atoms with Gasteiger partial charge in [0.25, 0.3) is 5.91 Å². The maximum absolute atomic E-state index is 12.4. The Morgan fingerprint density at radius 1 is 1.00 bits per heavy atom. The molecule has 1 unspecified atom stereocenters. The van der Waals surface area contributed by atoms with Crippen molar-refractivity contribution in [2.24, 2.45) is 11.8 Å². The van der Waals surface area contributed by atoms with Crippen molar-refractivity contribution >= 4 is 5.91 Å². The van der Waals surface area contributed by atoms with Gasteiger partial charge in [-0.3, -0.25) is 4.79 Å². The van der Waals surface area contributed by atoms with Gasteiger partial charge in [-0.15, -0.1) is 0 Å². The monoisotopic (exact) mass is 335 g/mol. The molecule has 0 bridgehead atoms. The molecule has 0 heterocycles. The van der Waals surface area contributed by atoms with Crippen molar-refractivity contribution in [1.29, 1.82) is 0 Å². The van der Waals surface area contributed by atoms with Gasteiger partial charge in [-0.25, -0.2) is 0 Å². The number of rotatable bonds is 11. The number of aliphatic hydroxyl groups excluding tert-OH is 2. The molecule has 0 radical (unpaired) electrons. The quantitative estimate of drug-likeness (QED) is 0.653. The summed E-state index contributed by atoms with van der Waals surface area (Å²) in [7, 11) is 0. The Morgan fingerprint density at radius 2 is 1.58 bits per heavy atom. The number of carbonyl (C=O) groups is 1. The molecule has 2 N–H and O–H groups in total. The SMILES string of the molecule is CC(C)CCCC(C)Cc1ccc(C(=O)N(CCO)CCO)cc1. The van der Waals surface area contributed by atoms with Crippen LogP contribution >= 0.6 is 0 Å². The molecule has 4 heteroatoms. The minimum Gasteiger partial charge on any atom is -0.395 e. The summed E-state index contributed by atoms with van der Waals surface area (Å²) >= 11 is 0. The molecule has 1 aromatic carbocycles. The summed E-state index contributed by atoms with van der Waals surface area (Å²) in [6.07, 6.45) is 4.82.